The Kier molecular flexibility index (Phi) is 1.26. The van der Waals surface area contributed by atoms with Crippen molar-refractivity contribution in [3.05, 3.63) is 0 Å². The molecule has 1 aliphatic heterocycles. The van der Waals surface area contributed by atoms with Gasteiger partial charge in [0.05, 0.1) is 19.3 Å². The average molecular weight is 153 g/mol. The number of hydrogen-bond acceptors (Lipinski definition) is 3. The molecule has 1 aliphatic carbocycles. The Morgan fingerprint density at radius 1 is 1.27 bits per heavy atom. The molecule has 3 nitrogen and oxygen atoms in total. The van der Waals surface area contributed by atoms with Crippen molar-refractivity contribution in [1.29, 1.82) is 5.26 Å². The molecule has 0 amide bonds. The van der Waals surface area contributed by atoms with Crippen LogP contribution in [0.15, 0.2) is 0 Å². The molecular weight excluding hydrogens is 142 g/mol. The number of rotatable bonds is 1. The minimum atomic E-state index is -0.609. The third-order valence-electron chi connectivity index (χ3n) is 2.67. The van der Waals surface area contributed by atoms with Crippen LogP contribution in [0, 0.1) is 16.7 Å². The lowest BCUT2D eigenvalue weighted by Gasteiger charge is -2.26. The molecule has 1 saturated heterocycles. The third kappa shape index (κ3) is 0.800. The summed E-state index contributed by atoms with van der Waals surface area (Å²) >= 11 is 0. The molecule has 2 fully saturated rings. The standard InChI is InChI=1S/C8H11NO2/c1-7(10-4-5-11-7)8(6-9)2-3-8/h2-5H2,1H3. The van der Waals surface area contributed by atoms with Gasteiger partial charge < -0.3 is 9.47 Å². The van der Waals surface area contributed by atoms with Crippen molar-refractivity contribution in [1.82, 2.24) is 0 Å². The molecule has 60 valence electrons. The quantitative estimate of drug-likeness (QED) is 0.565. The minimum absolute atomic E-state index is 0.330. The van der Waals surface area contributed by atoms with Crippen LogP contribution in [0.1, 0.15) is 19.8 Å². The Morgan fingerprint density at radius 2 is 1.82 bits per heavy atom. The molecule has 2 rings (SSSR count). The summed E-state index contributed by atoms with van der Waals surface area (Å²) in [7, 11) is 0. The van der Waals surface area contributed by atoms with Crippen LogP contribution in [0.3, 0.4) is 0 Å². The van der Waals surface area contributed by atoms with Crippen LogP contribution >= 0.6 is 0 Å². The Bertz CT molecular complexity index is 209. The highest BCUT2D eigenvalue weighted by Crippen LogP contribution is 2.56. The fourth-order valence-corrected chi connectivity index (χ4v) is 1.58. The minimum Gasteiger partial charge on any atom is -0.346 e. The van der Waals surface area contributed by atoms with Gasteiger partial charge in [0.25, 0.3) is 0 Å². The van der Waals surface area contributed by atoms with E-state index in [1.165, 1.54) is 0 Å². The highest BCUT2D eigenvalue weighted by Gasteiger charge is 2.61. The fraction of sp³-hybridized carbons (Fsp3) is 0.875. The summed E-state index contributed by atoms with van der Waals surface area (Å²) in [4.78, 5) is 0. The summed E-state index contributed by atoms with van der Waals surface area (Å²) in [5, 5.41) is 8.87. The van der Waals surface area contributed by atoms with Crippen molar-refractivity contribution in [3.8, 4) is 6.07 Å². The zero-order valence-electron chi connectivity index (χ0n) is 6.59. The summed E-state index contributed by atoms with van der Waals surface area (Å²) in [5.41, 5.74) is -0.330. The molecule has 3 heteroatoms. The first-order chi connectivity index (χ1) is 5.22. The zero-order chi connectivity index (χ0) is 7.95. The summed E-state index contributed by atoms with van der Waals surface area (Å²) in [6.45, 7) is 3.12. The van der Waals surface area contributed by atoms with E-state index in [2.05, 4.69) is 6.07 Å². The fourth-order valence-electron chi connectivity index (χ4n) is 1.58. The normalized spacial score (nSPS) is 31.3. The maximum Gasteiger partial charge on any atom is 0.184 e. The summed E-state index contributed by atoms with van der Waals surface area (Å²) < 4.78 is 10.8. The van der Waals surface area contributed by atoms with Crippen LogP contribution in [0.25, 0.3) is 0 Å². The molecular formula is C8H11NO2. The first kappa shape index (κ1) is 7.08. The lowest BCUT2D eigenvalue weighted by molar-refractivity contribution is -0.177. The average Bonchev–Trinajstić information content (AvgIpc) is 2.71. The van der Waals surface area contributed by atoms with Gasteiger partial charge >= 0.3 is 0 Å². The van der Waals surface area contributed by atoms with Crippen molar-refractivity contribution in [2.75, 3.05) is 13.2 Å². The predicted octanol–water partition coefficient (Wildman–Crippen LogP) is 1.05. The molecule has 0 unspecified atom stereocenters. The van der Waals surface area contributed by atoms with Gasteiger partial charge in [-0.3, -0.25) is 0 Å². The molecule has 0 spiro atoms. The van der Waals surface area contributed by atoms with Crippen molar-refractivity contribution < 1.29 is 9.47 Å². The topological polar surface area (TPSA) is 42.2 Å². The van der Waals surface area contributed by atoms with Crippen LogP contribution in [-0.2, 0) is 9.47 Å². The largest absolute Gasteiger partial charge is 0.346 e. The van der Waals surface area contributed by atoms with E-state index >= 15 is 0 Å². The first-order valence-corrected chi connectivity index (χ1v) is 3.92. The second-order valence-electron chi connectivity index (χ2n) is 3.34. The monoisotopic (exact) mass is 153 g/mol. The number of nitrogens with zero attached hydrogens (tertiary/aromatic N) is 1. The molecule has 0 aromatic carbocycles. The third-order valence-corrected chi connectivity index (χ3v) is 2.67. The van der Waals surface area contributed by atoms with Gasteiger partial charge in [-0.1, -0.05) is 0 Å². The zero-order valence-corrected chi connectivity index (χ0v) is 6.59. The number of hydrogen-bond donors (Lipinski definition) is 0. The molecule has 11 heavy (non-hydrogen) atoms. The SMILES string of the molecule is CC1(C2(C#N)CC2)OCCO1. The van der Waals surface area contributed by atoms with E-state index in [0.29, 0.717) is 13.2 Å². The van der Waals surface area contributed by atoms with Crippen molar-refractivity contribution >= 4 is 0 Å². The summed E-state index contributed by atoms with van der Waals surface area (Å²) in [5.74, 6) is -0.609. The molecule has 0 atom stereocenters. The Labute approximate surface area is 65.9 Å². The molecule has 0 radical (unpaired) electrons. The van der Waals surface area contributed by atoms with Gasteiger partial charge in [-0.25, -0.2) is 0 Å². The van der Waals surface area contributed by atoms with E-state index in [-0.39, 0.29) is 5.41 Å². The molecule has 1 heterocycles. The predicted molar refractivity (Wildman–Crippen MR) is 37.6 cm³/mol. The highest BCUT2D eigenvalue weighted by atomic mass is 16.7. The van der Waals surface area contributed by atoms with Gasteiger partial charge in [-0.15, -0.1) is 0 Å². The van der Waals surface area contributed by atoms with Crippen molar-refractivity contribution in [2.24, 2.45) is 5.41 Å². The number of ether oxygens (including phenoxy) is 2. The van der Waals surface area contributed by atoms with E-state index in [1.54, 1.807) is 0 Å². The van der Waals surface area contributed by atoms with Crippen molar-refractivity contribution in [3.63, 3.8) is 0 Å². The van der Waals surface area contributed by atoms with Crippen LogP contribution < -0.4 is 0 Å². The summed E-state index contributed by atoms with van der Waals surface area (Å²) in [6, 6.07) is 2.28. The molecule has 0 aromatic rings. The van der Waals surface area contributed by atoms with Crippen LogP contribution in [-0.4, -0.2) is 19.0 Å². The van der Waals surface area contributed by atoms with Gasteiger partial charge in [-0.05, 0) is 19.8 Å². The second-order valence-corrected chi connectivity index (χ2v) is 3.34. The van der Waals surface area contributed by atoms with E-state index in [0.717, 1.165) is 12.8 Å². The van der Waals surface area contributed by atoms with Gasteiger partial charge in [0.2, 0.25) is 0 Å². The maximum absolute atomic E-state index is 8.87. The summed E-state index contributed by atoms with van der Waals surface area (Å²) in [6.07, 6.45) is 1.83. The van der Waals surface area contributed by atoms with Gasteiger partial charge in [-0.2, -0.15) is 5.26 Å². The molecule has 1 saturated carbocycles. The van der Waals surface area contributed by atoms with E-state index in [1.807, 2.05) is 6.92 Å². The van der Waals surface area contributed by atoms with Gasteiger partial charge in [0.15, 0.2) is 5.79 Å². The van der Waals surface area contributed by atoms with E-state index < -0.39 is 5.79 Å². The molecule has 0 aromatic heterocycles. The lowest BCUT2D eigenvalue weighted by Crippen LogP contribution is -2.36. The van der Waals surface area contributed by atoms with Crippen LogP contribution in [0.5, 0.6) is 0 Å². The van der Waals surface area contributed by atoms with Gasteiger partial charge in [0, 0.05) is 0 Å². The maximum atomic E-state index is 8.87. The Morgan fingerprint density at radius 3 is 2.18 bits per heavy atom. The van der Waals surface area contributed by atoms with Gasteiger partial charge in [0.1, 0.15) is 5.41 Å². The molecule has 2 aliphatic rings. The molecule has 0 bridgehead atoms. The van der Waals surface area contributed by atoms with E-state index in [4.69, 9.17) is 14.7 Å². The smallest absolute Gasteiger partial charge is 0.184 e. The second kappa shape index (κ2) is 1.96. The lowest BCUT2D eigenvalue weighted by atomic mass is 9.99. The van der Waals surface area contributed by atoms with Crippen LogP contribution in [0.4, 0.5) is 0 Å². The van der Waals surface area contributed by atoms with Crippen LogP contribution in [0.2, 0.25) is 0 Å². The Hall–Kier alpha value is -0.590. The van der Waals surface area contributed by atoms with Crippen molar-refractivity contribution in [2.45, 2.75) is 25.6 Å². The molecule has 0 N–H and O–H groups in total. The highest BCUT2D eigenvalue weighted by molar-refractivity contribution is 5.17. The first-order valence-electron chi connectivity index (χ1n) is 3.92. The van der Waals surface area contributed by atoms with E-state index in [9.17, 15) is 0 Å². The number of nitriles is 1. The Balaban J connectivity index is 2.20.